The lowest BCUT2D eigenvalue weighted by Crippen LogP contribution is -2.39. The van der Waals surface area contributed by atoms with Gasteiger partial charge in [0.15, 0.2) is 6.29 Å². The summed E-state index contributed by atoms with van der Waals surface area (Å²) in [5, 5.41) is 10.0. The zero-order chi connectivity index (χ0) is 27.0. The number of alkyl halides is 2. The Kier molecular flexibility index (Phi) is 7.43. The van der Waals surface area contributed by atoms with Crippen LogP contribution in [0.2, 0.25) is 0 Å². The molecular weight excluding hydrogens is 491 g/mol. The molecular formula is C31H34F3NO3. The van der Waals surface area contributed by atoms with Crippen molar-refractivity contribution in [3.8, 4) is 5.75 Å². The van der Waals surface area contributed by atoms with Gasteiger partial charge in [0.25, 0.3) is 5.92 Å². The molecule has 38 heavy (non-hydrogen) atoms. The van der Waals surface area contributed by atoms with Gasteiger partial charge in [0.1, 0.15) is 11.6 Å². The Balaban J connectivity index is 1.48. The summed E-state index contributed by atoms with van der Waals surface area (Å²) in [6.45, 7) is 3.52. The number of methoxy groups -OCH3 is 2. The molecule has 1 aliphatic carbocycles. The molecule has 7 heteroatoms. The Morgan fingerprint density at radius 3 is 2.21 bits per heavy atom. The van der Waals surface area contributed by atoms with E-state index in [-0.39, 0.29) is 29.3 Å². The average Bonchev–Trinajstić information content (AvgIpc) is 2.90. The molecule has 0 radical (unpaired) electrons. The normalized spacial score (nSPS) is 21.5. The summed E-state index contributed by atoms with van der Waals surface area (Å²) >= 11 is 0. The Morgan fingerprint density at radius 1 is 0.921 bits per heavy atom. The van der Waals surface area contributed by atoms with Crippen molar-refractivity contribution in [2.24, 2.45) is 5.92 Å². The summed E-state index contributed by atoms with van der Waals surface area (Å²) < 4.78 is 55.7. The van der Waals surface area contributed by atoms with Crippen LogP contribution in [0.25, 0.3) is 0 Å². The first kappa shape index (κ1) is 26.6. The molecule has 202 valence electrons. The average molecular weight is 526 g/mol. The number of fused-ring (bicyclic) bond motifs is 1. The third-order valence-electron chi connectivity index (χ3n) is 8.28. The van der Waals surface area contributed by atoms with Crippen LogP contribution in [0, 0.1) is 18.7 Å². The number of phenolic OH excluding ortho intramolecular Hbond substituents is 1. The molecule has 1 heterocycles. The summed E-state index contributed by atoms with van der Waals surface area (Å²) in [7, 11) is 3.33. The highest BCUT2D eigenvalue weighted by atomic mass is 19.3. The lowest BCUT2D eigenvalue weighted by atomic mass is 9.67. The van der Waals surface area contributed by atoms with Crippen LogP contribution < -0.4 is 4.90 Å². The fourth-order valence-corrected chi connectivity index (χ4v) is 6.41. The second-order valence-corrected chi connectivity index (χ2v) is 10.5. The van der Waals surface area contributed by atoms with Gasteiger partial charge in [-0.1, -0.05) is 24.3 Å². The van der Waals surface area contributed by atoms with Gasteiger partial charge in [-0.2, -0.15) is 0 Å². The number of anilines is 1. The van der Waals surface area contributed by atoms with Crippen LogP contribution in [0.1, 0.15) is 58.9 Å². The van der Waals surface area contributed by atoms with Crippen LogP contribution in [0.5, 0.6) is 5.75 Å². The second kappa shape index (κ2) is 10.6. The van der Waals surface area contributed by atoms with Crippen molar-refractivity contribution in [1.82, 2.24) is 0 Å². The van der Waals surface area contributed by atoms with Gasteiger partial charge in [0.2, 0.25) is 0 Å². The Morgan fingerprint density at radius 2 is 1.58 bits per heavy atom. The van der Waals surface area contributed by atoms with Gasteiger partial charge >= 0.3 is 0 Å². The van der Waals surface area contributed by atoms with E-state index in [9.17, 15) is 9.50 Å². The molecule has 5 rings (SSSR count). The summed E-state index contributed by atoms with van der Waals surface area (Å²) in [5.74, 6) is -4.25. The van der Waals surface area contributed by atoms with Crippen LogP contribution in [0.15, 0.2) is 60.7 Å². The van der Waals surface area contributed by atoms with Gasteiger partial charge in [0, 0.05) is 62.7 Å². The summed E-state index contributed by atoms with van der Waals surface area (Å²) in [6, 6.07) is 16.8. The largest absolute Gasteiger partial charge is 0.508 e. The molecule has 0 spiro atoms. The number of halogens is 3. The number of aromatic hydroxyl groups is 1. The molecule has 1 aliphatic heterocycles. The van der Waals surface area contributed by atoms with Crippen molar-refractivity contribution < 1.29 is 27.8 Å². The predicted molar refractivity (Wildman–Crippen MR) is 142 cm³/mol. The fraction of sp³-hybridized carbons (Fsp3) is 0.419. The first-order valence-electron chi connectivity index (χ1n) is 13.1. The maximum atomic E-state index is 15.4. The van der Waals surface area contributed by atoms with Crippen LogP contribution in [-0.4, -0.2) is 38.7 Å². The minimum atomic E-state index is -3.12. The molecule has 1 saturated heterocycles. The number of rotatable bonds is 6. The van der Waals surface area contributed by atoms with E-state index in [0.717, 1.165) is 37.2 Å². The van der Waals surface area contributed by atoms with E-state index in [4.69, 9.17) is 9.47 Å². The zero-order valence-electron chi connectivity index (χ0n) is 22.0. The van der Waals surface area contributed by atoms with E-state index in [2.05, 4.69) is 17.0 Å². The second-order valence-electron chi connectivity index (χ2n) is 10.5. The van der Waals surface area contributed by atoms with Gasteiger partial charge in [-0.25, -0.2) is 13.2 Å². The molecule has 2 atom stereocenters. The zero-order valence-corrected chi connectivity index (χ0v) is 22.0. The number of phenols is 1. The van der Waals surface area contributed by atoms with Crippen molar-refractivity contribution in [1.29, 1.82) is 0 Å². The molecule has 3 aromatic rings. The molecule has 0 amide bonds. The van der Waals surface area contributed by atoms with E-state index < -0.39 is 18.3 Å². The minimum absolute atomic E-state index is 0.143. The topological polar surface area (TPSA) is 41.9 Å². The number of benzene rings is 3. The predicted octanol–water partition coefficient (Wildman–Crippen LogP) is 7.09. The van der Waals surface area contributed by atoms with Crippen molar-refractivity contribution in [2.75, 3.05) is 32.2 Å². The number of nitrogens with zero attached hydrogens (tertiary/aromatic N) is 1. The van der Waals surface area contributed by atoms with E-state index in [1.165, 1.54) is 24.3 Å². The third-order valence-corrected chi connectivity index (χ3v) is 8.28. The maximum Gasteiger partial charge on any atom is 0.274 e. The van der Waals surface area contributed by atoms with Crippen molar-refractivity contribution in [3.63, 3.8) is 0 Å². The summed E-state index contributed by atoms with van der Waals surface area (Å²) in [4.78, 5) is 2.32. The number of piperidine rings is 1. The maximum absolute atomic E-state index is 15.4. The van der Waals surface area contributed by atoms with Crippen molar-refractivity contribution in [2.45, 2.75) is 50.2 Å². The fourth-order valence-electron chi connectivity index (χ4n) is 6.41. The number of aryl methyl sites for hydroxylation is 1. The van der Waals surface area contributed by atoms with Gasteiger partial charge in [-0.3, -0.25) is 0 Å². The molecule has 0 unspecified atom stereocenters. The van der Waals surface area contributed by atoms with Crippen molar-refractivity contribution >= 4 is 5.69 Å². The smallest absolute Gasteiger partial charge is 0.274 e. The lowest BCUT2D eigenvalue weighted by Gasteiger charge is -2.39. The van der Waals surface area contributed by atoms with Crippen LogP contribution >= 0.6 is 0 Å². The van der Waals surface area contributed by atoms with E-state index in [0.29, 0.717) is 22.6 Å². The standard InChI is InChI=1S/C31H34F3NO3/c1-19-16-22(32)6-10-25(19)27-18-31(33,34)28-17-24(36)9-11-26(28)29(27)20-4-7-23(8-5-20)35-14-12-21(13-15-35)30(37-2)38-3/h4-11,16-17,21,27,29-30,36H,12-15,18H2,1-3H3/t27-,29-/m0/s1. The van der Waals surface area contributed by atoms with Gasteiger partial charge < -0.3 is 19.5 Å². The highest BCUT2D eigenvalue weighted by molar-refractivity contribution is 5.54. The van der Waals surface area contributed by atoms with E-state index in [1.54, 1.807) is 33.3 Å². The molecule has 0 bridgehead atoms. The molecule has 2 aliphatic rings. The number of hydrogen-bond donors (Lipinski definition) is 1. The van der Waals surface area contributed by atoms with Crippen LogP contribution in [0.4, 0.5) is 18.9 Å². The summed E-state index contributed by atoms with van der Waals surface area (Å²) in [5.41, 5.74) is 3.72. The number of ether oxygens (including phenoxy) is 2. The van der Waals surface area contributed by atoms with E-state index in [1.807, 2.05) is 12.1 Å². The molecule has 0 aromatic heterocycles. The number of hydrogen-bond acceptors (Lipinski definition) is 4. The Bertz CT molecular complexity index is 1270. The highest BCUT2D eigenvalue weighted by Crippen LogP contribution is 2.55. The van der Waals surface area contributed by atoms with Gasteiger partial charge in [-0.05, 0) is 78.4 Å². The molecule has 1 fully saturated rings. The van der Waals surface area contributed by atoms with Crippen molar-refractivity contribution in [3.05, 3.63) is 94.3 Å². The van der Waals surface area contributed by atoms with E-state index >= 15 is 8.78 Å². The highest BCUT2D eigenvalue weighted by Gasteiger charge is 2.47. The Labute approximate surface area is 222 Å². The minimum Gasteiger partial charge on any atom is -0.508 e. The quantitative estimate of drug-likeness (QED) is 0.349. The summed E-state index contributed by atoms with van der Waals surface area (Å²) in [6.07, 6.45) is 1.29. The molecule has 1 N–H and O–H groups in total. The van der Waals surface area contributed by atoms with Gasteiger partial charge in [-0.15, -0.1) is 0 Å². The first-order valence-corrected chi connectivity index (χ1v) is 13.1. The van der Waals surface area contributed by atoms with Crippen LogP contribution in [0.3, 0.4) is 0 Å². The molecule has 3 aromatic carbocycles. The lowest BCUT2D eigenvalue weighted by molar-refractivity contribution is -0.141. The third kappa shape index (κ3) is 5.02. The molecule has 0 saturated carbocycles. The SMILES string of the molecule is COC(OC)C1CCN(c2ccc([C@H]3c4ccc(O)cc4C(F)(F)C[C@H]3c3ccc(F)cc3C)cc2)CC1. The van der Waals surface area contributed by atoms with Crippen LogP contribution in [-0.2, 0) is 15.4 Å². The monoisotopic (exact) mass is 525 g/mol. The molecule has 4 nitrogen and oxygen atoms in total. The Hall–Kier alpha value is -3.03. The van der Waals surface area contributed by atoms with Gasteiger partial charge in [0.05, 0.1) is 0 Å². The first-order chi connectivity index (χ1) is 18.2.